The predicted octanol–water partition coefficient (Wildman–Crippen LogP) is 5.15. The number of carboxylic acids is 1. The van der Waals surface area contributed by atoms with Crippen molar-refractivity contribution in [1.82, 2.24) is 10.2 Å². The molecule has 4 aromatic carbocycles. The lowest BCUT2D eigenvalue weighted by Gasteiger charge is -2.36. The molecule has 202 valence electrons. The van der Waals surface area contributed by atoms with Crippen LogP contribution < -0.4 is 5.32 Å². The molecule has 7 heteroatoms. The molecule has 1 heterocycles. The molecule has 40 heavy (non-hydrogen) atoms. The van der Waals surface area contributed by atoms with Gasteiger partial charge in [0.25, 0.3) is 0 Å². The second-order valence-electron chi connectivity index (χ2n) is 9.78. The molecule has 0 unspecified atom stereocenters. The van der Waals surface area contributed by atoms with E-state index < -0.39 is 36.0 Å². The molecule has 0 saturated carbocycles. The van der Waals surface area contributed by atoms with E-state index in [1.807, 2.05) is 115 Å². The highest BCUT2D eigenvalue weighted by atomic mass is 16.6. The minimum absolute atomic E-state index is 0.0635. The van der Waals surface area contributed by atoms with Crippen LogP contribution in [-0.2, 0) is 33.9 Å². The number of hydrogen-bond donors (Lipinski definition) is 2. The Balaban J connectivity index is 1.43. The maximum Gasteiger partial charge on any atom is 0.411 e. The fourth-order valence-corrected chi connectivity index (χ4v) is 5.19. The van der Waals surface area contributed by atoms with Crippen molar-refractivity contribution < 1.29 is 24.2 Å². The van der Waals surface area contributed by atoms with Crippen LogP contribution >= 0.6 is 0 Å². The Hall–Kier alpha value is -4.91. The van der Waals surface area contributed by atoms with Gasteiger partial charge in [-0.1, -0.05) is 115 Å². The average Bonchev–Trinajstić information content (AvgIpc) is 3.00. The number of aliphatic carboxylic acids is 1. The third-order valence-corrected chi connectivity index (χ3v) is 7.21. The Bertz CT molecular complexity index is 1420. The molecular weight excluding hydrogens is 504 g/mol. The molecule has 0 saturated heterocycles. The first-order chi connectivity index (χ1) is 19.5. The lowest BCUT2D eigenvalue weighted by atomic mass is 9.84. The summed E-state index contributed by atoms with van der Waals surface area (Å²) in [5, 5.41) is 13.1. The summed E-state index contributed by atoms with van der Waals surface area (Å²) in [5.41, 5.74) is 4.20. The number of ether oxygens (including phenoxy) is 1. The normalized spacial score (nSPS) is 15.1. The predicted molar refractivity (Wildman–Crippen MR) is 150 cm³/mol. The van der Waals surface area contributed by atoms with Crippen LogP contribution in [0.15, 0.2) is 115 Å². The van der Waals surface area contributed by atoms with E-state index in [-0.39, 0.29) is 19.6 Å². The van der Waals surface area contributed by atoms with Crippen LogP contribution in [0.4, 0.5) is 4.79 Å². The Morgan fingerprint density at radius 3 is 1.88 bits per heavy atom. The molecule has 5 rings (SSSR count). The second kappa shape index (κ2) is 12.3. The number of benzene rings is 4. The van der Waals surface area contributed by atoms with Crippen molar-refractivity contribution in [3.8, 4) is 0 Å². The first-order valence-corrected chi connectivity index (χ1v) is 13.2. The zero-order chi connectivity index (χ0) is 27.9. The fourth-order valence-electron chi connectivity index (χ4n) is 5.19. The molecule has 1 aliphatic rings. The Kier molecular flexibility index (Phi) is 8.21. The van der Waals surface area contributed by atoms with Crippen LogP contribution in [-0.4, -0.2) is 40.1 Å². The number of hydrogen-bond acceptors (Lipinski definition) is 4. The zero-order valence-electron chi connectivity index (χ0n) is 21.9. The number of rotatable bonds is 8. The van der Waals surface area contributed by atoms with Gasteiger partial charge in [0.05, 0.1) is 6.54 Å². The quantitative estimate of drug-likeness (QED) is 0.326. The SMILES string of the molecule is O=C(O)[C@@H](NC(=O)[C@@H]1Cc2ccccc2CN1C(=O)OCc1ccccc1)C(c1ccccc1)c1ccccc1. The zero-order valence-corrected chi connectivity index (χ0v) is 21.9. The van der Waals surface area contributed by atoms with Crippen molar-refractivity contribution in [1.29, 1.82) is 0 Å². The van der Waals surface area contributed by atoms with E-state index in [2.05, 4.69) is 5.32 Å². The molecule has 0 fully saturated rings. The third kappa shape index (κ3) is 6.04. The van der Waals surface area contributed by atoms with E-state index in [1.54, 1.807) is 0 Å². The lowest BCUT2D eigenvalue weighted by Crippen LogP contribution is -2.56. The van der Waals surface area contributed by atoms with E-state index in [4.69, 9.17) is 4.74 Å². The van der Waals surface area contributed by atoms with Crippen LogP contribution in [0, 0.1) is 0 Å². The van der Waals surface area contributed by atoms with E-state index in [1.165, 1.54) is 4.90 Å². The molecular formula is C33H30N2O5. The monoisotopic (exact) mass is 534 g/mol. The molecule has 7 nitrogen and oxygen atoms in total. The van der Waals surface area contributed by atoms with Crippen molar-refractivity contribution in [2.75, 3.05) is 0 Å². The van der Waals surface area contributed by atoms with Crippen molar-refractivity contribution in [2.45, 2.75) is 37.6 Å². The molecule has 0 aromatic heterocycles. The van der Waals surface area contributed by atoms with Gasteiger partial charge in [-0.05, 0) is 27.8 Å². The topological polar surface area (TPSA) is 95.9 Å². The summed E-state index contributed by atoms with van der Waals surface area (Å²) in [7, 11) is 0. The van der Waals surface area contributed by atoms with Gasteiger partial charge >= 0.3 is 12.1 Å². The summed E-state index contributed by atoms with van der Waals surface area (Å²) in [6.45, 7) is 0.244. The van der Waals surface area contributed by atoms with Crippen LogP contribution in [0.3, 0.4) is 0 Å². The van der Waals surface area contributed by atoms with Gasteiger partial charge in [0, 0.05) is 12.3 Å². The summed E-state index contributed by atoms with van der Waals surface area (Å²) in [6.07, 6.45) is -0.385. The minimum Gasteiger partial charge on any atom is -0.480 e. The van der Waals surface area contributed by atoms with Gasteiger partial charge in [-0.3, -0.25) is 9.69 Å². The van der Waals surface area contributed by atoms with Gasteiger partial charge in [-0.2, -0.15) is 0 Å². The molecule has 1 aliphatic heterocycles. The largest absolute Gasteiger partial charge is 0.480 e. The summed E-state index contributed by atoms with van der Waals surface area (Å²) in [4.78, 5) is 41.2. The van der Waals surface area contributed by atoms with Crippen LogP contribution in [0.2, 0.25) is 0 Å². The number of nitrogens with one attached hydrogen (secondary N) is 1. The Morgan fingerprint density at radius 1 is 0.775 bits per heavy atom. The molecule has 2 amide bonds. The molecule has 0 spiro atoms. The van der Waals surface area contributed by atoms with Gasteiger partial charge < -0.3 is 15.2 Å². The lowest BCUT2D eigenvalue weighted by molar-refractivity contribution is -0.143. The molecule has 4 aromatic rings. The summed E-state index contributed by atoms with van der Waals surface area (Å²) >= 11 is 0. The number of carbonyl (C=O) groups is 3. The third-order valence-electron chi connectivity index (χ3n) is 7.21. The van der Waals surface area contributed by atoms with Crippen molar-refractivity contribution in [3.05, 3.63) is 143 Å². The van der Waals surface area contributed by atoms with Gasteiger partial charge in [0.2, 0.25) is 5.91 Å². The highest BCUT2D eigenvalue weighted by Gasteiger charge is 2.39. The summed E-state index contributed by atoms with van der Waals surface area (Å²) < 4.78 is 5.59. The molecule has 2 atom stereocenters. The van der Waals surface area contributed by atoms with E-state index in [0.29, 0.717) is 0 Å². The molecule has 2 N–H and O–H groups in total. The van der Waals surface area contributed by atoms with Crippen molar-refractivity contribution in [3.63, 3.8) is 0 Å². The van der Waals surface area contributed by atoms with Crippen LogP contribution in [0.5, 0.6) is 0 Å². The fraction of sp³-hybridized carbons (Fsp3) is 0.182. The van der Waals surface area contributed by atoms with Gasteiger partial charge in [0.15, 0.2) is 0 Å². The van der Waals surface area contributed by atoms with Crippen molar-refractivity contribution in [2.24, 2.45) is 0 Å². The van der Waals surface area contributed by atoms with Crippen LogP contribution in [0.1, 0.15) is 33.7 Å². The number of amides is 2. The highest BCUT2D eigenvalue weighted by Crippen LogP contribution is 2.30. The van der Waals surface area contributed by atoms with E-state index in [0.717, 1.165) is 27.8 Å². The summed E-state index contributed by atoms with van der Waals surface area (Å²) in [6, 6.07) is 33.2. The van der Waals surface area contributed by atoms with Gasteiger partial charge in [-0.25, -0.2) is 9.59 Å². The minimum atomic E-state index is -1.27. The first kappa shape index (κ1) is 26.7. The van der Waals surface area contributed by atoms with Crippen LogP contribution in [0.25, 0.3) is 0 Å². The van der Waals surface area contributed by atoms with Crippen molar-refractivity contribution >= 4 is 18.0 Å². The second-order valence-corrected chi connectivity index (χ2v) is 9.78. The number of carbonyl (C=O) groups excluding carboxylic acids is 2. The average molecular weight is 535 g/mol. The number of nitrogens with zero attached hydrogens (tertiary/aromatic N) is 1. The van der Waals surface area contributed by atoms with E-state index in [9.17, 15) is 19.5 Å². The maximum atomic E-state index is 13.9. The molecule has 0 aliphatic carbocycles. The number of fused-ring (bicyclic) bond motifs is 1. The van der Waals surface area contributed by atoms with Gasteiger partial charge in [-0.15, -0.1) is 0 Å². The van der Waals surface area contributed by atoms with Gasteiger partial charge in [0.1, 0.15) is 18.7 Å². The Labute approximate surface area is 233 Å². The molecule has 0 bridgehead atoms. The Morgan fingerprint density at radius 2 is 1.30 bits per heavy atom. The highest BCUT2D eigenvalue weighted by molar-refractivity contribution is 5.90. The molecule has 0 radical (unpaired) electrons. The summed E-state index contributed by atoms with van der Waals surface area (Å²) in [5.74, 6) is -2.35. The first-order valence-electron chi connectivity index (χ1n) is 13.2. The van der Waals surface area contributed by atoms with E-state index >= 15 is 0 Å². The standard InChI is InChI=1S/C33H30N2O5/c36-31(34-30(32(37)38)29(24-14-6-2-7-15-24)25-16-8-3-9-17-25)28-20-26-18-10-11-19-27(26)21-35(28)33(39)40-22-23-12-4-1-5-13-23/h1-19,28-30H,20-22H2,(H,34,36)(H,37,38)/t28-,30-/m0/s1. The smallest absolute Gasteiger partial charge is 0.411 e. The number of carboxylic acid groups (broad SMARTS) is 1. The maximum absolute atomic E-state index is 13.9.